The van der Waals surface area contributed by atoms with Crippen LogP contribution < -0.4 is 5.32 Å². The molecule has 0 saturated carbocycles. The van der Waals surface area contributed by atoms with Gasteiger partial charge in [-0.2, -0.15) is 0 Å². The van der Waals surface area contributed by atoms with Crippen molar-refractivity contribution in [3.8, 4) is 22.3 Å². The van der Waals surface area contributed by atoms with E-state index in [9.17, 15) is 23.9 Å². The van der Waals surface area contributed by atoms with Crippen molar-refractivity contribution in [1.29, 1.82) is 0 Å². The molecule has 1 aliphatic carbocycles. The third kappa shape index (κ3) is 8.17. The summed E-state index contributed by atoms with van der Waals surface area (Å²) in [5.74, 6) is -2.96. The van der Waals surface area contributed by atoms with Crippen LogP contribution in [0.15, 0.2) is 109 Å². The molecule has 5 aromatic rings. The zero-order valence-electron chi connectivity index (χ0n) is 30.2. The van der Waals surface area contributed by atoms with Crippen LogP contribution >= 0.6 is 0 Å². The highest BCUT2D eigenvalue weighted by Gasteiger charge is 2.37. The summed E-state index contributed by atoms with van der Waals surface area (Å²) in [6, 6.07) is 28.5. The van der Waals surface area contributed by atoms with Gasteiger partial charge >= 0.3 is 12.1 Å². The first kappa shape index (κ1) is 37.0. The fourth-order valence-corrected chi connectivity index (χ4v) is 7.39. The van der Waals surface area contributed by atoms with Gasteiger partial charge < -0.3 is 24.6 Å². The van der Waals surface area contributed by atoms with Gasteiger partial charge in [-0.05, 0) is 63.9 Å². The number of ether oxygens (including phenoxy) is 1. The standard InChI is InChI=1S/C43H43F2N3O5/c1-27(49)48(21-20-38(41(50)51)46-42(52)53-26-36-33-16-10-8-14-31(33)32-15-9-11-17-34(32)36)40(43(2,3)4)39-22-29(35-23-30(44)18-19-37(35)45)25-47(39)24-28-12-6-5-7-13-28/h5-19,22-23,25,36,38,40H,20-21,24,26H2,1-4H3,(H,46,52)(H,50,51)/t38-,40-/m0/s1. The summed E-state index contributed by atoms with van der Waals surface area (Å²) in [5, 5.41) is 12.7. The van der Waals surface area contributed by atoms with Crippen LogP contribution in [0.3, 0.4) is 0 Å². The number of aliphatic carboxylic acids is 1. The second-order valence-corrected chi connectivity index (χ2v) is 14.5. The van der Waals surface area contributed by atoms with Crippen molar-refractivity contribution in [3.63, 3.8) is 0 Å². The van der Waals surface area contributed by atoms with Crippen LogP contribution in [0.4, 0.5) is 13.6 Å². The Morgan fingerprint density at radius 2 is 1.49 bits per heavy atom. The number of nitrogens with one attached hydrogen (secondary N) is 1. The molecule has 2 N–H and O–H groups in total. The summed E-state index contributed by atoms with van der Waals surface area (Å²) < 4.78 is 36.9. The van der Waals surface area contributed by atoms with Crippen LogP contribution in [0.1, 0.15) is 68.5 Å². The number of hydrogen-bond donors (Lipinski definition) is 2. The van der Waals surface area contributed by atoms with E-state index in [0.29, 0.717) is 17.8 Å². The molecule has 0 saturated heterocycles. The number of hydrogen-bond acceptors (Lipinski definition) is 4. The lowest BCUT2D eigenvalue weighted by molar-refractivity contribution is -0.141. The van der Waals surface area contributed by atoms with Crippen LogP contribution in [-0.2, 0) is 20.9 Å². The SMILES string of the molecule is CC(=O)N(CC[C@H](NC(=O)OCC1c2ccccc2-c2ccccc21)C(=O)O)[C@@H](c1cc(-c2cc(F)ccc2F)cn1Cc1ccccc1)C(C)(C)C. The van der Waals surface area contributed by atoms with Gasteiger partial charge in [-0.1, -0.05) is 99.6 Å². The predicted octanol–water partition coefficient (Wildman–Crippen LogP) is 8.80. The van der Waals surface area contributed by atoms with Gasteiger partial charge in [-0.3, -0.25) is 4.79 Å². The Morgan fingerprint density at radius 3 is 2.09 bits per heavy atom. The zero-order chi connectivity index (χ0) is 37.9. The van der Waals surface area contributed by atoms with E-state index in [4.69, 9.17) is 4.74 Å². The van der Waals surface area contributed by atoms with Gasteiger partial charge in [0.1, 0.15) is 24.3 Å². The maximum absolute atomic E-state index is 15.1. The maximum Gasteiger partial charge on any atom is 0.407 e. The van der Waals surface area contributed by atoms with E-state index in [1.54, 1.807) is 17.2 Å². The molecule has 0 spiro atoms. The average Bonchev–Trinajstić information content (AvgIpc) is 3.67. The summed E-state index contributed by atoms with van der Waals surface area (Å²) in [6.45, 7) is 7.65. The van der Waals surface area contributed by atoms with Gasteiger partial charge in [0.15, 0.2) is 0 Å². The molecule has 4 aromatic carbocycles. The molecule has 1 heterocycles. The number of carbonyl (C=O) groups is 3. The van der Waals surface area contributed by atoms with Crippen molar-refractivity contribution in [1.82, 2.24) is 14.8 Å². The van der Waals surface area contributed by atoms with Gasteiger partial charge in [0, 0.05) is 48.9 Å². The molecule has 0 fully saturated rings. The molecular weight excluding hydrogens is 676 g/mol. The molecule has 274 valence electrons. The minimum absolute atomic E-state index is 0.0184. The summed E-state index contributed by atoms with van der Waals surface area (Å²) in [4.78, 5) is 40.6. The quantitative estimate of drug-likeness (QED) is 0.134. The van der Waals surface area contributed by atoms with Crippen LogP contribution in [0.5, 0.6) is 0 Å². The van der Waals surface area contributed by atoms with E-state index in [1.807, 2.05) is 104 Å². The van der Waals surface area contributed by atoms with Crippen LogP contribution in [0, 0.1) is 17.0 Å². The zero-order valence-corrected chi connectivity index (χ0v) is 30.2. The molecule has 2 atom stereocenters. The van der Waals surface area contributed by atoms with Crippen LogP contribution in [0.2, 0.25) is 0 Å². The minimum Gasteiger partial charge on any atom is -0.480 e. The van der Waals surface area contributed by atoms with Crippen molar-refractivity contribution >= 4 is 18.0 Å². The molecule has 6 rings (SSSR count). The fraction of sp³-hybridized carbons (Fsp3) is 0.279. The number of rotatable bonds is 12. The maximum atomic E-state index is 15.1. The van der Waals surface area contributed by atoms with Crippen molar-refractivity contribution in [2.75, 3.05) is 13.2 Å². The molecule has 8 nitrogen and oxygen atoms in total. The third-order valence-electron chi connectivity index (χ3n) is 9.77. The van der Waals surface area contributed by atoms with Gasteiger partial charge in [0.2, 0.25) is 5.91 Å². The lowest BCUT2D eigenvalue weighted by Gasteiger charge is -2.41. The number of nitrogens with zero attached hydrogens (tertiary/aromatic N) is 2. The molecule has 1 aromatic heterocycles. The highest BCUT2D eigenvalue weighted by atomic mass is 19.1. The van der Waals surface area contributed by atoms with Crippen molar-refractivity contribution < 1.29 is 33.0 Å². The van der Waals surface area contributed by atoms with E-state index in [-0.39, 0.29) is 37.0 Å². The fourth-order valence-electron chi connectivity index (χ4n) is 7.39. The number of amides is 2. The summed E-state index contributed by atoms with van der Waals surface area (Å²) in [7, 11) is 0. The molecule has 0 bridgehead atoms. The van der Waals surface area contributed by atoms with E-state index in [0.717, 1.165) is 46.0 Å². The van der Waals surface area contributed by atoms with Gasteiger partial charge in [0.05, 0.1) is 6.04 Å². The lowest BCUT2D eigenvalue weighted by Crippen LogP contribution is -2.46. The van der Waals surface area contributed by atoms with E-state index >= 15 is 4.39 Å². The smallest absolute Gasteiger partial charge is 0.407 e. The predicted molar refractivity (Wildman–Crippen MR) is 199 cm³/mol. The van der Waals surface area contributed by atoms with Gasteiger partial charge in [-0.15, -0.1) is 0 Å². The molecule has 2 amide bonds. The monoisotopic (exact) mass is 719 g/mol. The molecule has 53 heavy (non-hydrogen) atoms. The number of alkyl carbamates (subject to hydrolysis) is 1. The molecule has 0 unspecified atom stereocenters. The lowest BCUT2D eigenvalue weighted by atomic mass is 9.82. The Kier molecular flexibility index (Phi) is 10.8. The first-order valence-corrected chi connectivity index (χ1v) is 17.6. The number of aromatic nitrogens is 1. The second-order valence-electron chi connectivity index (χ2n) is 14.5. The number of halogens is 2. The first-order valence-electron chi connectivity index (χ1n) is 17.6. The Balaban J connectivity index is 1.23. The number of carbonyl (C=O) groups excluding carboxylic acids is 2. The second kappa shape index (κ2) is 15.5. The molecule has 10 heteroatoms. The number of fused-ring (bicyclic) bond motifs is 3. The van der Waals surface area contributed by atoms with E-state index in [1.165, 1.54) is 6.92 Å². The topological polar surface area (TPSA) is 101 Å². The Morgan fingerprint density at radius 1 is 0.868 bits per heavy atom. The number of benzene rings is 4. The molecule has 0 aliphatic heterocycles. The first-order chi connectivity index (χ1) is 25.3. The van der Waals surface area contributed by atoms with Crippen molar-refractivity contribution in [2.24, 2.45) is 5.41 Å². The van der Waals surface area contributed by atoms with E-state index < -0.39 is 41.2 Å². The van der Waals surface area contributed by atoms with Crippen LogP contribution in [-0.4, -0.2) is 51.7 Å². The minimum atomic E-state index is -1.36. The molecule has 1 aliphatic rings. The van der Waals surface area contributed by atoms with Crippen LogP contribution in [0.25, 0.3) is 22.3 Å². The number of carboxylic acids is 1. The van der Waals surface area contributed by atoms with E-state index in [2.05, 4.69) is 5.32 Å². The van der Waals surface area contributed by atoms with Crippen molar-refractivity contribution in [2.45, 2.75) is 58.7 Å². The highest BCUT2D eigenvalue weighted by molar-refractivity contribution is 5.81. The Hall–Kier alpha value is -5.77. The highest BCUT2D eigenvalue weighted by Crippen LogP contribution is 2.45. The largest absolute Gasteiger partial charge is 0.480 e. The summed E-state index contributed by atoms with van der Waals surface area (Å²) in [6.07, 6.45) is 0.756. The van der Waals surface area contributed by atoms with Gasteiger partial charge in [-0.25, -0.2) is 18.4 Å². The Labute approximate surface area is 308 Å². The summed E-state index contributed by atoms with van der Waals surface area (Å²) >= 11 is 0. The normalized spacial score (nSPS) is 13.5. The average molecular weight is 720 g/mol. The Bertz CT molecular complexity index is 2080. The third-order valence-corrected chi connectivity index (χ3v) is 9.77. The molecule has 0 radical (unpaired) electrons. The molecular formula is C43H43F2N3O5. The summed E-state index contributed by atoms with van der Waals surface area (Å²) in [5.41, 5.74) is 5.73. The van der Waals surface area contributed by atoms with Gasteiger partial charge in [0.25, 0.3) is 0 Å². The number of carboxylic acid groups (broad SMARTS) is 1. The van der Waals surface area contributed by atoms with Crippen molar-refractivity contribution in [3.05, 3.63) is 143 Å².